The van der Waals surface area contributed by atoms with E-state index in [1.54, 1.807) is 0 Å². The molecule has 2 aliphatic heterocycles. The van der Waals surface area contributed by atoms with Gasteiger partial charge in [0.15, 0.2) is 0 Å². The van der Waals surface area contributed by atoms with Crippen LogP contribution in [-0.2, 0) is 4.74 Å². The Bertz CT molecular complexity index is 219. The first-order valence-electron chi connectivity index (χ1n) is 6.21. The molecular weight excluding hydrogens is 238 g/mol. The van der Waals surface area contributed by atoms with E-state index in [-0.39, 0.29) is 5.60 Å². The van der Waals surface area contributed by atoms with E-state index in [9.17, 15) is 0 Å². The van der Waals surface area contributed by atoms with Crippen LogP contribution in [0.15, 0.2) is 0 Å². The summed E-state index contributed by atoms with van der Waals surface area (Å²) in [6.07, 6.45) is 5.84. The van der Waals surface area contributed by atoms with Crippen LogP contribution in [0.25, 0.3) is 0 Å². The third kappa shape index (κ3) is 3.31. The minimum atomic E-state index is 0.222. The molecule has 4 heteroatoms. The summed E-state index contributed by atoms with van der Waals surface area (Å²) in [6, 6.07) is 1.30. The molecule has 2 aliphatic rings. The Labute approximate surface area is 108 Å². The van der Waals surface area contributed by atoms with Crippen LogP contribution in [0.3, 0.4) is 0 Å². The zero-order valence-corrected chi connectivity index (χ0v) is 12.0. The van der Waals surface area contributed by atoms with Gasteiger partial charge in [-0.25, -0.2) is 0 Å². The Kier molecular flexibility index (Phi) is 4.89. The maximum Gasteiger partial charge on any atom is 0.0795 e. The number of hydrogen-bond acceptors (Lipinski definition) is 4. The van der Waals surface area contributed by atoms with Crippen LogP contribution in [0, 0.1) is 0 Å². The highest BCUT2D eigenvalue weighted by Gasteiger charge is 2.40. The molecule has 1 spiro atoms. The maximum atomic E-state index is 6.03. The van der Waals surface area contributed by atoms with Crippen LogP contribution in [0.1, 0.15) is 26.2 Å². The molecule has 2 nitrogen and oxygen atoms in total. The van der Waals surface area contributed by atoms with Gasteiger partial charge in [0.25, 0.3) is 0 Å². The standard InChI is InChI=1S/C12H23NOS2/c1-10(8-15-2)13-11-3-5-14-12(7-11)4-6-16-9-12/h10-11,13H,3-9H2,1-2H3. The average molecular weight is 261 g/mol. The van der Waals surface area contributed by atoms with Crippen molar-refractivity contribution in [2.75, 3.05) is 30.1 Å². The van der Waals surface area contributed by atoms with Crippen molar-refractivity contribution < 1.29 is 4.74 Å². The van der Waals surface area contributed by atoms with Crippen molar-refractivity contribution in [1.82, 2.24) is 5.32 Å². The third-order valence-electron chi connectivity index (χ3n) is 3.50. The van der Waals surface area contributed by atoms with Crippen LogP contribution < -0.4 is 5.32 Å². The molecule has 1 N–H and O–H groups in total. The molecule has 3 atom stereocenters. The molecule has 0 aromatic heterocycles. The van der Waals surface area contributed by atoms with Gasteiger partial charge in [0.1, 0.15) is 0 Å². The van der Waals surface area contributed by atoms with E-state index in [0.29, 0.717) is 12.1 Å². The Balaban J connectivity index is 1.82. The van der Waals surface area contributed by atoms with Gasteiger partial charge >= 0.3 is 0 Å². The fraction of sp³-hybridized carbons (Fsp3) is 1.00. The van der Waals surface area contributed by atoms with Gasteiger partial charge in [-0.05, 0) is 38.2 Å². The molecule has 94 valence electrons. The second kappa shape index (κ2) is 5.98. The largest absolute Gasteiger partial charge is 0.374 e. The molecule has 2 rings (SSSR count). The second-order valence-corrected chi connectivity index (χ2v) is 7.06. The van der Waals surface area contributed by atoms with Gasteiger partial charge < -0.3 is 10.1 Å². The monoisotopic (exact) mass is 261 g/mol. The Morgan fingerprint density at radius 3 is 3.19 bits per heavy atom. The smallest absolute Gasteiger partial charge is 0.0795 e. The summed E-state index contributed by atoms with van der Waals surface area (Å²) in [5.74, 6) is 3.70. The van der Waals surface area contributed by atoms with Gasteiger partial charge in [0.05, 0.1) is 5.60 Å². The number of hydrogen-bond donors (Lipinski definition) is 1. The quantitative estimate of drug-likeness (QED) is 0.838. The normalized spacial score (nSPS) is 36.8. The SMILES string of the molecule is CSCC(C)NC1CCOC2(CCSC2)C1. The first-order chi connectivity index (χ1) is 7.74. The van der Waals surface area contributed by atoms with Crippen molar-refractivity contribution in [2.45, 2.75) is 43.9 Å². The summed E-state index contributed by atoms with van der Waals surface area (Å²) in [7, 11) is 0. The fourth-order valence-corrected chi connectivity index (χ4v) is 4.71. The van der Waals surface area contributed by atoms with Gasteiger partial charge in [-0.1, -0.05) is 0 Å². The van der Waals surface area contributed by atoms with E-state index in [0.717, 1.165) is 6.61 Å². The van der Waals surface area contributed by atoms with Gasteiger partial charge in [0, 0.05) is 30.2 Å². The van der Waals surface area contributed by atoms with Crippen LogP contribution >= 0.6 is 23.5 Å². The van der Waals surface area contributed by atoms with Crippen molar-refractivity contribution in [1.29, 1.82) is 0 Å². The number of rotatable bonds is 4. The summed E-state index contributed by atoms with van der Waals surface area (Å²) in [6.45, 7) is 3.24. The molecule has 0 aromatic carbocycles. The lowest BCUT2D eigenvalue weighted by atomic mass is 9.89. The summed E-state index contributed by atoms with van der Waals surface area (Å²) in [5, 5.41) is 3.76. The lowest BCUT2D eigenvalue weighted by Gasteiger charge is -2.39. The number of thioether (sulfide) groups is 2. The van der Waals surface area contributed by atoms with E-state index >= 15 is 0 Å². The zero-order chi connectivity index (χ0) is 11.4. The minimum absolute atomic E-state index is 0.222. The number of nitrogens with one attached hydrogen (secondary N) is 1. The lowest BCUT2D eigenvalue weighted by Crippen LogP contribution is -2.49. The summed E-state index contributed by atoms with van der Waals surface area (Å²) in [5.41, 5.74) is 0.222. The molecule has 0 radical (unpaired) electrons. The van der Waals surface area contributed by atoms with Crippen LogP contribution in [0.2, 0.25) is 0 Å². The van der Waals surface area contributed by atoms with Crippen LogP contribution in [0.5, 0.6) is 0 Å². The first-order valence-corrected chi connectivity index (χ1v) is 8.76. The average Bonchev–Trinajstić information content (AvgIpc) is 2.66. The number of ether oxygens (including phenoxy) is 1. The van der Waals surface area contributed by atoms with Crippen molar-refractivity contribution in [3.63, 3.8) is 0 Å². The molecule has 0 bridgehead atoms. The van der Waals surface area contributed by atoms with E-state index < -0.39 is 0 Å². The van der Waals surface area contributed by atoms with Crippen molar-refractivity contribution in [3.05, 3.63) is 0 Å². The van der Waals surface area contributed by atoms with E-state index in [1.807, 2.05) is 11.8 Å². The topological polar surface area (TPSA) is 21.3 Å². The molecule has 0 aliphatic carbocycles. The van der Waals surface area contributed by atoms with E-state index in [4.69, 9.17) is 4.74 Å². The minimum Gasteiger partial charge on any atom is -0.374 e. The van der Waals surface area contributed by atoms with Gasteiger partial charge in [-0.3, -0.25) is 0 Å². The van der Waals surface area contributed by atoms with E-state index in [2.05, 4.69) is 30.3 Å². The Morgan fingerprint density at radius 1 is 1.62 bits per heavy atom. The van der Waals surface area contributed by atoms with Crippen molar-refractivity contribution in [2.24, 2.45) is 0 Å². The summed E-state index contributed by atoms with van der Waals surface area (Å²) in [4.78, 5) is 0. The lowest BCUT2D eigenvalue weighted by molar-refractivity contribution is -0.0708. The highest BCUT2D eigenvalue weighted by atomic mass is 32.2. The molecule has 3 unspecified atom stereocenters. The molecule has 2 heterocycles. The zero-order valence-electron chi connectivity index (χ0n) is 10.3. The van der Waals surface area contributed by atoms with Crippen LogP contribution in [-0.4, -0.2) is 47.8 Å². The predicted molar refractivity (Wildman–Crippen MR) is 74.6 cm³/mol. The van der Waals surface area contributed by atoms with Gasteiger partial charge in [-0.15, -0.1) is 0 Å². The molecule has 0 saturated carbocycles. The van der Waals surface area contributed by atoms with Gasteiger partial charge in [0.2, 0.25) is 0 Å². The molecule has 2 fully saturated rings. The maximum absolute atomic E-state index is 6.03. The fourth-order valence-electron chi connectivity index (χ4n) is 2.73. The molecule has 16 heavy (non-hydrogen) atoms. The van der Waals surface area contributed by atoms with Crippen LogP contribution in [0.4, 0.5) is 0 Å². The third-order valence-corrected chi connectivity index (χ3v) is 5.55. The highest BCUT2D eigenvalue weighted by molar-refractivity contribution is 7.99. The Morgan fingerprint density at radius 2 is 2.50 bits per heavy atom. The summed E-state index contributed by atoms with van der Waals surface area (Å²) < 4.78 is 6.03. The van der Waals surface area contributed by atoms with Crippen molar-refractivity contribution in [3.8, 4) is 0 Å². The van der Waals surface area contributed by atoms with Crippen molar-refractivity contribution >= 4 is 23.5 Å². The highest BCUT2D eigenvalue weighted by Crippen LogP contribution is 2.38. The molecular formula is C12H23NOS2. The molecule has 0 aromatic rings. The van der Waals surface area contributed by atoms with Gasteiger partial charge in [-0.2, -0.15) is 23.5 Å². The Hall–Kier alpha value is 0.620. The molecule has 2 saturated heterocycles. The van der Waals surface area contributed by atoms with E-state index in [1.165, 1.54) is 36.5 Å². The molecule has 0 amide bonds. The first kappa shape index (κ1) is 13.1. The summed E-state index contributed by atoms with van der Waals surface area (Å²) >= 11 is 3.98. The predicted octanol–water partition coefficient (Wildman–Crippen LogP) is 2.38. The second-order valence-electron chi connectivity index (χ2n) is 5.05.